The fourth-order valence-corrected chi connectivity index (χ4v) is 6.68. The molecule has 1 N–H and O–H groups in total. The minimum atomic E-state index is -0.0594. The molecule has 0 saturated carbocycles. The van der Waals surface area contributed by atoms with Gasteiger partial charge in [-0.1, -0.05) is 12.1 Å². The standard InChI is InChI=1S/C22H21N3O2S3/c26-19(25(12-14-4-2-10-28-14)13-15-5-3-11-29-15)9-8-18-23-21(27)20-16-6-1-7-17(16)30-22(20)24-18/h2-5,10-11H,1,6-9,12-13H2,(H,23,24,27). The zero-order chi connectivity index (χ0) is 20.5. The molecule has 0 radical (unpaired) electrons. The summed E-state index contributed by atoms with van der Waals surface area (Å²) in [6.07, 6.45) is 3.91. The fraction of sp³-hybridized carbons (Fsp3) is 0.318. The van der Waals surface area contributed by atoms with E-state index in [0.717, 1.165) is 29.5 Å². The van der Waals surface area contributed by atoms with Crippen LogP contribution in [0.15, 0.2) is 39.8 Å². The van der Waals surface area contributed by atoms with E-state index in [1.54, 1.807) is 34.0 Å². The third-order valence-corrected chi connectivity index (χ3v) is 8.31. The highest BCUT2D eigenvalue weighted by molar-refractivity contribution is 7.18. The molecule has 0 aliphatic heterocycles. The van der Waals surface area contributed by atoms with Gasteiger partial charge >= 0.3 is 0 Å². The number of hydrogen-bond acceptors (Lipinski definition) is 6. The number of thiophene rings is 3. The second-order valence-electron chi connectivity index (χ2n) is 7.46. The van der Waals surface area contributed by atoms with Gasteiger partial charge in [0.2, 0.25) is 5.91 Å². The maximum atomic E-state index is 13.0. The topological polar surface area (TPSA) is 66.1 Å². The first-order valence-corrected chi connectivity index (χ1v) is 12.6. The lowest BCUT2D eigenvalue weighted by molar-refractivity contribution is -0.132. The second kappa shape index (κ2) is 8.45. The molecule has 0 unspecified atom stereocenters. The Kier molecular flexibility index (Phi) is 5.54. The minimum Gasteiger partial charge on any atom is -0.332 e. The summed E-state index contributed by atoms with van der Waals surface area (Å²) in [5.41, 5.74) is 1.13. The number of fused-ring (bicyclic) bond motifs is 3. The van der Waals surface area contributed by atoms with Gasteiger partial charge in [0.15, 0.2) is 0 Å². The van der Waals surface area contributed by atoms with E-state index >= 15 is 0 Å². The van der Waals surface area contributed by atoms with Crippen molar-refractivity contribution >= 4 is 50.1 Å². The van der Waals surface area contributed by atoms with Crippen LogP contribution >= 0.6 is 34.0 Å². The van der Waals surface area contributed by atoms with Crippen LogP contribution in [0.5, 0.6) is 0 Å². The smallest absolute Gasteiger partial charge is 0.259 e. The summed E-state index contributed by atoms with van der Waals surface area (Å²) in [6, 6.07) is 8.14. The lowest BCUT2D eigenvalue weighted by Crippen LogP contribution is -2.30. The van der Waals surface area contributed by atoms with Gasteiger partial charge < -0.3 is 9.88 Å². The number of aromatic nitrogens is 2. The zero-order valence-corrected chi connectivity index (χ0v) is 18.8. The molecule has 0 atom stereocenters. The molecule has 0 spiro atoms. The fourth-order valence-electron chi connectivity index (χ4n) is 3.96. The van der Waals surface area contributed by atoms with Crippen molar-refractivity contribution < 1.29 is 4.79 Å². The van der Waals surface area contributed by atoms with E-state index in [0.29, 0.717) is 31.8 Å². The van der Waals surface area contributed by atoms with Crippen LogP contribution in [-0.4, -0.2) is 20.8 Å². The number of nitrogens with zero attached hydrogens (tertiary/aromatic N) is 2. The van der Waals surface area contributed by atoms with Gasteiger partial charge in [0.05, 0.1) is 18.5 Å². The van der Waals surface area contributed by atoms with Crippen LogP contribution in [0, 0.1) is 0 Å². The van der Waals surface area contributed by atoms with Crippen molar-refractivity contribution in [2.75, 3.05) is 0 Å². The quantitative estimate of drug-likeness (QED) is 0.437. The molecular formula is C22H21N3O2S3. The van der Waals surface area contributed by atoms with Gasteiger partial charge in [-0.25, -0.2) is 4.98 Å². The number of amides is 1. The van der Waals surface area contributed by atoms with E-state index in [-0.39, 0.29) is 11.5 Å². The molecule has 0 aromatic carbocycles. The third-order valence-electron chi connectivity index (χ3n) is 5.41. The number of H-pyrrole nitrogens is 1. The van der Waals surface area contributed by atoms with Crippen molar-refractivity contribution in [3.05, 3.63) is 71.4 Å². The largest absolute Gasteiger partial charge is 0.332 e. The molecule has 0 bridgehead atoms. The van der Waals surface area contributed by atoms with Gasteiger partial charge in [-0.3, -0.25) is 9.59 Å². The Bertz CT molecular complexity index is 1190. The molecule has 4 aromatic rings. The van der Waals surface area contributed by atoms with E-state index in [1.807, 2.05) is 27.8 Å². The highest BCUT2D eigenvalue weighted by Gasteiger charge is 2.22. The summed E-state index contributed by atoms with van der Waals surface area (Å²) in [4.78, 5) is 39.6. The molecule has 5 nitrogen and oxygen atoms in total. The van der Waals surface area contributed by atoms with Crippen LogP contribution in [0.3, 0.4) is 0 Å². The average Bonchev–Trinajstić information content (AvgIpc) is 3.50. The van der Waals surface area contributed by atoms with Crippen LogP contribution in [0.1, 0.15) is 38.9 Å². The minimum absolute atomic E-state index is 0.0594. The van der Waals surface area contributed by atoms with Crippen LogP contribution in [0.4, 0.5) is 0 Å². The highest BCUT2D eigenvalue weighted by atomic mass is 32.1. The van der Waals surface area contributed by atoms with Gasteiger partial charge in [0.1, 0.15) is 10.7 Å². The van der Waals surface area contributed by atoms with Crippen LogP contribution in [0.2, 0.25) is 0 Å². The summed E-state index contributed by atoms with van der Waals surface area (Å²) in [7, 11) is 0. The maximum Gasteiger partial charge on any atom is 0.259 e. The first kappa shape index (κ1) is 19.7. The van der Waals surface area contributed by atoms with Crippen molar-refractivity contribution in [3.63, 3.8) is 0 Å². The van der Waals surface area contributed by atoms with Gasteiger partial charge in [-0.05, 0) is 47.7 Å². The second-order valence-corrected chi connectivity index (χ2v) is 10.6. The Hall–Kier alpha value is -2.29. The Morgan fingerprint density at radius 1 is 1.10 bits per heavy atom. The number of carbonyl (C=O) groups excluding carboxylic acids is 1. The molecule has 1 aliphatic rings. The van der Waals surface area contributed by atoms with Crippen LogP contribution in [-0.2, 0) is 37.1 Å². The molecule has 1 amide bonds. The molecular weight excluding hydrogens is 434 g/mol. The van der Waals surface area contributed by atoms with Crippen molar-refractivity contribution in [2.24, 2.45) is 0 Å². The molecule has 0 fully saturated rings. The number of aromatic amines is 1. The zero-order valence-electron chi connectivity index (χ0n) is 16.3. The lowest BCUT2D eigenvalue weighted by Gasteiger charge is -2.21. The van der Waals surface area contributed by atoms with E-state index in [9.17, 15) is 9.59 Å². The van der Waals surface area contributed by atoms with Crippen LogP contribution < -0.4 is 5.56 Å². The average molecular weight is 456 g/mol. The molecule has 4 heterocycles. The highest BCUT2D eigenvalue weighted by Crippen LogP contribution is 2.34. The van der Waals surface area contributed by atoms with E-state index in [1.165, 1.54) is 20.2 Å². The van der Waals surface area contributed by atoms with Crippen molar-refractivity contribution in [3.8, 4) is 0 Å². The summed E-state index contributed by atoms with van der Waals surface area (Å²) in [5.74, 6) is 0.682. The van der Waals surface area contributed by atoms with Crippen LogP contribution in [0.25, 0.3) is 10.2 Å². The summed E-state index contributed by atoms with van der Waals surface area (Å²) >= 11 is 4.96. The van der Waals surface area contributed by atoms with Gasteiger partial charge in [0.25, 0.3) is 5.56 Å². The summed E-state index contributed by atoms with van der Waals surface area (Å²) in [5, 5.41) is 4.83. The van der Waals surface area contributed by atoms with Gasteiger partial charge in [0, 0.05) is 27.5 Å². The normalized spacial score (nSPS) is 13.1. The van der Waals surface area contributed by atoms with Crippen molar-refractivity contribution in [1.82, 2.24) is 14.9 Å². The van der Waals surface area contributed by atoms with E-state index in [4.69, 9.17) is 0 Å². The number of carbonyl (C=O) groups is 1. The Morgan fingerprint density at radius 2 is 1.83 bits per heavy atom. The molecule has 4 aromatic heterocycles. The van der Waals surface area contributed by atoms with Crippen molar-refractivity contribution in [1.29, 1.82) is 0 Å². The predicted molar refractivity (Wildman–Crippen MR) is 123 cm³/mol. The Morgan fingerprint density at radius 3 is 2.50 bits per heavy atom. The van der Waals surface area contributed by atoms with Gasteiger partial charge in [-0.2, -0.15) is 0 Å². The van der Waals surface area contributed by atoms with E-state index < -0.39 is 0 Å². The molecule has 1 aliphatic carbocycles. The first-order chi connectivity index (χ1) is 14.7. The first-order valence-electron chi connectivity index (χ1n) is 10.0. The molecule has 154 valence electrons. The monoisotopic (exact) mass is 455 g/mol. The summed E-state index contributed by atoms with van der Waals surface area (Å²) in [6.45, 7) is 1.21. The number of hydrogen-bond donors (Lipinski definition) is 1. The Labute approximate surface area is 186 Å². The molecule has 5 rings (SSSR count). The number of nitrogens with one attached hydrogen (secondary N) is 1. The van der Waals surface area contributed by atoms with Crippen molar-refractivity contribution in [2.45, 2.75) is 45.2 Å². The van der Waals surface area contributed by atoms with E-state index in [2.05, 4.69) is 22.1 Å². The number of rotatable bonds is 7. The maximum absolute atomic E-state index is 13.0. The molecule has 30 heavy (non-hydrogen) atoms. The predicted octanol–water partition coefficient (Wildman–Crippen LogP) is 4.76. The SMILES string of the molecule is O=C(CCc1nc2sc3c(c2c(=O)[nH]1)CCC3)N(Cc1cccs1)Cc1cccs1. The third kappa shape index (κ3) is 3.99. The lowest BCUT2D eigenvalue weighted by atomic mass is 10.2. The summed E-state index contributed by atoms with van der Waals surface area (Å²) < 4.78 is 0. The molecule has 0 saturated heterocycles. The van der Waals surface area contributed by atoms with Gasteiger partial charge in [-0.15, -0.1) is 34.0 Å². The number of aryl methyl sites for hydroxylation is 3. The Balaban J connectivity index is 1.32. The molecule has 8 heteroatoms.